The summed E-state index contributed by atoms with van der Waals surface area (Å²) in [6, 6.07) is 0. The molecule has 0 aliphatic heterocycles. The average molecular weight is 347 g/mol. The van der Waals surface area contributed by atoms with E-state index in [1.165, 1.54) is 4.68 Å². The Kier molecular flexibility index (Phi) is 4.26. The van der Waals surface area contributed by atoms with Crippen molar-refractivity contribution in [3.63, 3.8) is 0 Å². The smallest absolute Gasteiger partial charge is 0.242 e. The number of aryl methyl sites for hydroxylation is 2. The number of carbonyl (C=O) groups is 1. The van der Waals surface area contributed by atoms with Crippen LogP contribution in [0, 0.1) is 6.92 Å². The second-order valence-electron chi connectivity index (χ2n) is 4.10. The predicted molar refractivity (Wildman–Crippen MR) is 74.7 cm³/mol. The maximum absolute atomic E-state index is 11.8. The van der Waals surface area contributed by atoms with Crippen molar-refractivity contribution >= 4 is 33.4 Å². The highest BCUT2D eigenvalue weighted by Crippen LogP contribution is 2.14. The van der Waals surface area contributed by atoms with Crippen molar-refractivity contribution in [1.29, 1.82) is 0 Å². The maximum Gasteiger partial charge on any atom is 0.242 e. The van der Waals surface area contributed by atoms with Gasteiger partial charge in [-0.25, -0.2) is 0 Å². The van der Waals surface area contributed by atoms with Crippen molar-refractivity contribution < 1.29 is 4.79 Å². The third-order valence-corrected chi connectivity index (χ3v) is 3.69. The number of amides is 1. The molecule has 8 heteroatoms. The summed E-state index contributed by atoms with van der Waals surface area (Å²) < 4.78 is 4.10. The Balaban J connectivity index is 1.92. The van der Waals surface area contributed by atoms with Gasteiger partial charge in [0, 0.05) is 13.2 Å². The van der Waals surface area contributed by atoms with Crippen molar-refractivity contribution in [3.05, 3.63) is 33.3 Å². The molecule has 102 valence electrons. The van der Waals surface area contributed by atoms with Gasteiger partial charge in [0.15, 0.2) is 0 Å². The molecular formula is C11H13BrClN5O. The summed E-state index contributed by atoms with van der Waals surface area (Å²) >= 11 is 9.26. The number of hydrogen-bond acceptors (Lipinski definition) is 3. The largest absolute Gasteiger partial charge is 0.349 e. The van der Waals surface area contributed by atoms with E-state index in [4.69, 9.17) is 11.6 Å². The molecule has 0 aliphatic rings. The molecule has 1 N–H and O–H groups in total. The lowest BCUT2D eigenvalue weighted by molar-refractivity contribution is -0.122. The molecule has 2 aromatic heterocycles. The van der Waals surface area contributed by atoms with Gasteiger partial charge >= 0.3 is 0 Å². The zero-order valence-corrected chi connectivity index (χ0v) is 12.9. The van der Waals surface area contributed by atoms with Gasteiger partial charge in [0.25, 0.3) is 0 Å². The SMILES string of the molecule is Cc1nn(CC(=O)NCc2c(Br)cnn2C)cc1Cl. The number of nitrogens with one attached hydrogen (secondary N) is 1. The fraction of sp³-hybridized carbons (Fsp3) is 0.364. The van der Waals surface area contributed by atoms with Crippen LogP contribution in [0.15, 0.2) is 16.9 Å². The number of carbonyl (C=O) groups excluding carboxylic acids is 1. The minimum absolute atomic E-state index is 0.132. The quantitative estimate of drug-likeness (QED) is 0.915. The molecule has 0 atom stereocenters. The first kappa shape index (κ1) is 14.1. The highest BCUT2D eigenvalue weighted by Gasteiger charge is 2.10. The van der Waals surface area contributed by atoms with Gasteiger partial charge in [0.05, 0.1) is 33.6 Å². The van der Waals surface area contributed by atoms with Crippen LogP contribution in [0.2, 0.25) is 5.02 Å². The Hall–Kier alpha value is -1.34. The highest BCUT2D eigenvalue weighted by molar-refractivity contribution is 9.10. The molecule has 2 rings (SSSR count). The van der Waals surface area contributed by atoms with Crippen molar-refractivity contribution in [2.24, 2.45) is 7.05 Å². The molecule has 2 aromatic rings. The summed E-state index contributed by atoms with van der Waals surface area (Å²) in [6.45, 7) is 2.34. The summed E-state index contributed by atoms with van der Waals surface area (Å²) in [4.78, 5) is 11.8. The van der Waals surface area contributed by atoms with Gasteiger partial charge in [-0.1, -0.05) is 11.6 Å². The van der Waals surface area contributed by atoms with Gasteiger partial charge in [-0.2, -0.15) is 10.2 Å². The molecule has 1 amide bonds. The number of aromatic nitrogens is 4. The van der Waals surface area contributed by atoms with Crippen LogP contribution in [0.25, 0.3) is 0 Å². The predicted octanol–water partition coefficient (Wildman–Crippen LogP) is 1.66. The van der Waals surface area contributed by atoms with Crippen LogP contribution in [-0.2, 0) is 24.9 Å². The fourth-order valence-corrected chi connectivity index (χ4v) is 2.23. The molecule has 0 aliphatic carbocycles. The van der Waals surface area contributed by atoms with Crippen molar-refractivity contribution in [1.82, 2.24) is 24.9 Å². The van der Waals surface area contributed by atoms with Crippen LogP contribution in [0.4, 0.5) is 0 Å². The van der Waals surface area contributed by atoms with Crippen LogP contribution in [0.3, 0.4) is 0 Å². The molecule has 19 heavy (non-hydrogen) atoms. The van der Waals surface area contributed by atoms with Crippen molar-refractivity contribution in [3.8, 4) is 0 Å². The van der Waals surface area contributed by atoms with Crippen LogP contribution in [-0.4, -0.2) is 25.5 Å². The zero-order chi connectivity index (χ0) is 14.0. The summed E-state index contributed by atoms with van der Waals surface area (Å²) in [6.07, 6.45) is 3.33. The van der Waals surface area contributed by atoms with E-state index in [0.29, 0.717) is 17.3 Å². The molecule has 0 aromatic carbocycles. The van der Waals surface area contributed by atoms with Gasteiger partial charge in [-0.15, -0.1) is 0 Å². The van der Waals surface area contributed by atoms with Gasteiger partial charge < -0.3 is 5.32 Å². The van der Waals surface area contributed by atoms with Gasteiger partial charge in [-0.05, 0) is 22.9 Å². The molecule has 6 nitrogen and oxygen atoms in total. The molecule has 2 heterocycles. The van der Waals surface area contributed by atoms with Crippen LogP contribution >= 0.6 is 27.5 Å². The topological polar surface area (TPSA) is 64.7 Å². The summed E-state index contributed by atoms with van der Waals surface area (Å²) in [7, 11) is 1.82. The van der Waals surface area contributed by atoms with E-state index in [0.717, 1.165) is 10.2 Å². The Bertz CT molecular complexity index is 567. The van der Waals surface area contributed by atoms with E-state index < -0.39 is 0 Å². The molecule has 0 radical (unpaired) electrons. The van der Waals surface area contributed by atoms with Crippen molar-refractivity contribution in [2.45, 2.75) is 20.0 Å². The Morgan fingerprint density at radius 2 is 2.32 bits per heavy atom. The lowest BCUT2D eigenvalue weighted by atomic mass is 10.4. The molecule has 0 bridgehead atoms. The van der Waals surface area contributed by atoms with Gasteiger partial charge in [-0.3, -0.25) is 14.2 Å². The second-order valence-corrected chi connectivity index (χ2v) is 5.36. The lowest BCUT2D eigenvalue weighted by Crippen LogP contribution is -2.28. The van der Waals surface area contributed by atoms with Gasteiger partial charge in [0.1, 0.15) is 6.54 Å². The average Bonchev–Trinajstić information content (AvgIpc) is 2.81. The van der Waals surface area contributed by atoms with E-state index >= 15 is 0 Å². The number of halogens is 2. The molecular weight excluding hydrogens is 334 g/mol. The Labute approximate surface area is 123 Å². The molecule has 0 spiro atoms. The second kappa shape index (κ2) is 5.75. The van der Waals surface area contributed by atoms with E-state index in [1.807, 2.05) is 7.05 Å². The minimum atomic E-state index is -0.132. The lowest BCUT2D eigenvalue weighted by Gasteiger charge is -2.06. The van der Waals surface area contributed by atoms with Crippen LogP contribution < -0.4 is 5.32 Å². The zero-order valence-electron chi connectivity index (χ0n) is 10.5. The molecule has 0 unspecified atom stereocenters. The summed E-state index contributed by atoms with van der Waals surface area (Å²) in [5, 5.41) is 11.6. The highest BCUT2D eigenvalue weighted by atomic mass is 79.9. The van der Waals surface area contributed by atoms with E-state index in [1.54, 1.807) is 24.0 Å². The van der Waals surface area contributed by atoms with E-state index in [9.17, 15) is 4.79 Å². The Morgan fingerprint density at radius 3 is 2.84 bits per heavy atom. The van der Waals surface area contributed by atoms with Gasteiger partial charge in [0.2, 0.25) is 5.91 Å². The van der Waals surface area contributed by atoms with Crippen LogP contribution in [0.1, 0.15) is 11.4 Å². The number of hydrogen-bond donors (Lipinski definition) is 1. The molecule has 0 saturated carbocycles. The maximum atomic E-state index is 11.8. The molecule has 0 saturated heterocycles. The summed E-state index contributed by atoms with van der Waals surface area (Å²) in [5.41, 5.74) is 1.62. The number of nitrogens with zero attached hydrogens (tertiary/aromatic N) is 4. The van der Waals surface area contributed by atoms with Crippen LogP contribution in [0.5, 0.6) is 0 Å². The van der Waals surface area contributed by atoms with E-state index in [-0.39, 0.29) is 12.5 Å². The first-order chi connectivity index (χ1) is 8.97. The molecule has 0 fully saturated rings. The third kappa shape index (κ3) is 3.36. The first-order valence-electron chi connectivity index (χ1n) is 5.60. The standard InChI is InChI=1S/C11H13BrClN5O/c1-7-9(13)5-18(16-7)6-11(19)14-4-10-8(12)3-15-17(10)2/h3,5H,4,6H2,1-2H3,(H,14,19). The van der Waals surface area contributed by atoms with Crippen molar-refractivity contribution in [2.75, 3.05) is 0 Å². The van der Waals surface area contributed by atoms with E-state index in [2.05, 4.69) is 31.4 Å². The number of rotatable bonds is 4. The first-order valence-corrected chi connectivity index (χ1v) is 6.77. The normalized spacial score (nSPS) is 10.7. The fourth-order valence-electron chi connectivity index (χ4n) is 1.59. The third-order valence-electron chi connectivity index (χ3n) is 2.66. The summed E-state index contributed by atoms with van der Waals surface area (Å²) in [5.74, 6) is -0.132. The minimum Gasteiger partial charge on any atom is -0.349 e. The monoisotopic (exact) mass is 345 g/mol. The Morgan fingerprint density at radius 1 is 1.58 bits per heavy atom.